The normalized spacial score (nSPS) is 12.2. The third-order valence-electron chi connectivity index (χ3n) is 3.31. The van der Waals surface area contributed by atoms with E-state index in [9.17, 15) is 0 Å². The Morgan fingerprint density at radius 1 is 1.16 bits per heavy atom. The first-order valence-corrected chi connectivity index (χ1v) is 8.42. The molecule has 106 valence electrons. The van der Waals surface area contributed by atoms with E-state index in [0.29, 0.717) is 5.25 Å². The van der Waals surface area contributed by atoms with E-state index in [-0.39, 0.29) is 0 Å². The summed E-state index contributed by atoms with van der Waals surface area (Å²) in [6.07, 6.45) is 2.09. The third-order valence-corrected chi connectivity index (χ3v) is 4.99. The lowest BCUT2D eigenvalue weighted by molar-refractivity contribution is 0.467. The van der Waals surface area contributed by atoms with E-state index < -0.39 is 0 Å². The second-order valence-electron chi connectivity index (χ2n) is 4.72. The second kappa shape index (κ2) is 8.60. The summed E-state index contributed by atoms with van der Waals surface area (Å²) in [6, 6.07) is 8.86. The second-order valence-corrected chi connectivity index (χ2v) is 6.71. The molecule has 1 unspecified atom stereocenters. The van der Waals surface area contributed by atoms with Gasteiger partial charge in [-0.2, -0.15) is 0 Å². The van der Waals surface area contributed by atoms with Crippen LogP contribution in [0.2, 0.25) is 0 Å². The molecule has 0 heterocycles. The molecule has 0 aliphatic rings. The van der Waals surface area contributed by atoms with Gasteiger partial charge in [-0.15, -0.1) is 11.8 Å². The SMILES string of the molecule is CCC(C)Sc1ccc(CC(=S)N(CC)CC)cc1. The molecule has 0 saturated heterocycles. The number of nitrogens with zero attached hydrogens (tertiary/aromatic N) is 1. The highest BCUT2D eigenvalue weighted by Crippen LogP contribution is 2.25. The van der Waals surface area contributed by atoms with Crippen LogP contribution >= 0.6 is 24.0 Å². The zero-order valence-corrected chi connectivity index (χ0v) is 14.1. The number of thiocarbonyl (C=S) groups is 1. The first-order valence-electron chi connectivity index (χ1n) is 7.14. The van der Waals surface area contributed by atoms with Crippen molar-refractivity contribution < 1.29 is 0 Å². The van der Waals surface area contributed by atoms with Crippen LogP contribution in [0.3, 0.4) is 0 Å². The minimum atomic E-state index is 0.683. The molecule has 1 aromatic carbocycles. The summed E-state index contributed by atoms with van der Waals surface area (Å²) in [4.78, 5) is 4.65. The molecule has 0 N–H and O–H groups in total. The topological polar surface area (TPSA) is 3.24 Å². The van der Waals surface area contributed by atoms with E-state index in [4.69, 9.17) is 12.2 Å². The molecule has 0 spiro atoms. The smallest absolute Gasteiger partial charge is 0.0823 e. The molecule has 0 saturated carbocycles. The van der Waals surface area contributed by atoms with Gasteiger partial charge in [-0.1, -0.05) is 38.2 Å². The molecule has 0 bridgehead atoms. The van der Waals surface area contributed by atoms with Crippen LogP contribution in [0.15, 0.2) is 29.2 Å². The zero-order valence-electron chi connectivity index (χ0n) is 12.5. The molecule has 0 radical (unpaired) electrons. The maximum atomic E-state index is 5.50. The van der Waals surface area contributed by atoms with E-state index in [1.54, 1.807) is 0 Å². The van der Waals surface area contributed by atoms with Gasteiger partial charge in [-0.3, -0.25) is 0 Å². The predicted octanol–water partition coefficient (Wildman–Crippen LogP) is 4.79. The van der Waals surface area contributed by atoms with Crippen molar-refractivity contribution >= 4 is 29.0 Å². The van der Waals surface area contributed by atoms with Crippen LogP contribution in [0.4, 0.5) is 0 Å². The fourth-order valence-electron chi connectivity index (χ4n) is 1.86. The van der Waals surface area contributed by atoms with Crippen LogP contribution in [0, 0.1) is 0 Å². The summed E-state index contributed by atoms with van der Waals surface area (Å²) in [5.41, 5.74) is 1.31. The largest absolute Gasteiger partial charge is 0.366 e. The van der Waals surface area contributed by atoms with Gasteiger partial charge in [0, 0.05) is 29.7 Å². The first-order chi connectivity index (χ1) is 9.10. The average molecular weight is 296 g/mol. The third kappa shape index (κ3) is 5.53. The Labute approximate surface area is 127 Å². The quantitative estimate of drug-likeness (QED) is 0.526. The van der Waals surface area contributed by atoms with Crippen molar-refractivity contribution in [2.75, 3.05) is 13.1 Å². The molecule has 0 fully saturated rings. The number of hydrogen-bond acceptors (Lipinski definition) is 2. The van der Waals surface area contributed by atoms with E-state index in [0.717, 1.165) is 24.5 Å². The Bertz CT molecular complexity index is 382. The molecular formula is C16H25NS2. The molecular weight excluding hydrogens is 270 g/mol. The lowest BCUT2D eigenvalue weighted by atomic mass is 10.1. The maximum Gasteiger partial charge on any atom is 0.0823 e. The molecule has 0 aliphatic carbocycles. The van der Waals surface area contributed by atoms with Crippen molar-refractivity contribution in [2.45, 2.75) is 50.7 Å². The van der Waals surface area contributed by atoms with Crippen molar-refractivity contribution in [1.82, 2.24) is 4.90 Å². The van der Waals surface area contributed by atoms with Crippen LogP contribution in [-0.4, -0.2) is 28.2 Å². The van der Waals surface area contributed by atoms with Gasteiger partial charge in [0.05, 0.1) is 4.99 Å². The first kappa shape index (κ1) is 16.5. The van der Waals surface area contributed by atoms with Crippen molar-refractivity contribution in [3.05, 3.63) is 29.8 Å². The Morgan fingerprint density at radius 2 is 1.74 bits per heavy atom. The van der Waals surface area contributed by atoms with Gasteiger partial charge in [0.2, 0.25) is 0 Å². The highest BCUT2D eigenvalue weighted by molar-refractivity contribution is 7.99. The standard InChI is InChI=1S/C16H25NS2/c1-5-13(4)19-15-10-8-14(9-11-15)12-16(18)17(6-2)7-3/h8-11,13H,5-7,12H2,1-4H3. The highest BCUT2D eigenvalue weighted by Gasteiger charge is 2.07. The summed E-state index contributed by atoms with van der Waals surface area (Å²) in [7, 11) is 0. The number of thioether (sulfide) groups is 1. The predicted molar refractivity (Wildman–Crippen MR) is 91.3 cm³/mol. The number of likely N-dealkylation sites (N-methyl/N-ethyl adjacent to an activating group) is 1. The van der Waals surface area contributed by atoms with Crippen LogP contribution in [0.1, 0.15) is 39.7 Å². The van der Waals surface area contributed by atoms with E-state index in [1.807, 2.05) is 11.8 Å². The Kier molecular flexibility index (Phi) is 7.47. The van der Waals surface area contributed by atoms with Gasteiger partial charge in [-0.25, -0.2) is 0 Å². The summed E-state index contributed by atoms with van der Waals surface area (Å²) in [5, 5.41) is 0.683. The summed E-state index contributed by atoms with van der Waals surface area (Å²) in [5.74, 6) is 0. The fraction of sp³-hybridized carbons (Fsp3) is 0.562. The van der Waals surface area contributed by atoms with Crippen molar-refractivity contribution in [3.8, 4) is 0 Å². The van der Waals surface area contributed by atoms with Gasteiger partial charge >= 0.3 is 0 Å². The van der Waals surface area contributed by atoms with Gasteiger partial charge < -0.3 is 4.90 Å². The van der Waals surface area contributed by atoms with Crippen LogP contribution in [0.5, 0.6) is 0 Å². The molecule has 19 heavy (non-hydrogen) atoms. The van der Waals surface area contributed by atoms with E-state index in [2.05, 4.69) is 56.9 Å². The van der Waals surface area contributed by atoms with Gasteiger partial charge in [-0.05, 0) is 38.0 Å². The van der Waals surface area contributed by atoms with E-state index >= 15 is 0 Å². The van der Waals surface area contributed by atoms with Crippen LogP contribution in [0.25, 0.3) is 0 Å². The minimum Gasteiger partial charge on any atom is -0.366 e. The molecule has 1 atom stereocenters. The molecule has 0 aromatic heterocycles. The van der Waals surface area contributed by atoms with Gasteiger partial charge in [0.15, 0.2) is 0 Å². The number of rotatable bonds is 7. The van der Waals surface area contributed by atoms with Gasteiger partial charge in [0.25, 0.3) is 0 Å². The lowest BCUT2D eigenvalue weighted by Crippen LogP contribution is -2.30. The Morgan fingerprint density at radius 3 is 2.21 bits per heavy atom. The number of benzene rings is 1. The Hall–Kier alpha value is -0.540. The molecule has 1 nitrogen and oxygen atoms in total. The van der Waals surface area contributed by atoms with Crippen molar-refractivity contribution in [1.29, 1.82) is 0 Å². The highest BCUT2D eigenvalue weighted by atomic mass is 32.2. The van der Waals surface area contributed by atoms with Gasteiger partial charge in [0.1, 0.15) is 0 Å². The zero-order chi connectivity index (χ0) is 14.3. The molecule has 0 aliphatic heterocycles. The minimum absolute atomic E-state index is 0.683. The summed E-state index contributed by atoms with van der Waals surface area (Å²) in [6.45, 7) is 10.8. The van der Waals surface area contributed by atoms with Crippen LogP contribution in [-0.2, 0) is 6.42 Å². The molecule has 1 rings (SSSR count). The summed E-state index contributed by atoms with van der Waals surface area (Å²) >= 11 is 7.44. The molecule has 3 heteroatoms. The number of hydrogen-bond donors (Lipinski definition) is 0. The van der Waals surface area contributed by atoms with Crippen molar-refractivity contribution in [3.63, 3.8) is 0 Å². The average Bonchev–Trinajstić information content (AvgIpc) is 2.42. The molecule has 0 amide bonds. The Balaban J connectivity index is 2.59. The van der Waals surface area contributed by atoms with Crippen molar-refractivity contribution in [2.24, 2.45) is 0 Å². The fourth-order valence-corrected chi connectivity index (χ4v) is 3.21. The molecule has 1 aromatic rings. The lowest BCUT2D eigenvalue weighted by Gasteiger charge is -2.21. The van der Waals surface area contributed by atoms with Crippen LogP contribution < -0.4 is 0 Å². The monoisotopic (exact) mass is 295 g/mol. The van der Waals surface area contributed by atoms with E-state index in [1.165, 1.54) is 16.9 Å². The maximum absolute atomic E-state index is 5.50. The summed E-state index contributed by atoms with van der Waals surface area (Å²) < 4.78 is 0.